The van der Waals surface area contributed by atoms with E-state index >= 15 is 0 Å². The molecule has 0 spiro atoms. The molecule has 1 aliphatic rings. The van der Waals surface area contributed by atoms with Gasteiger partial charge in [-0.25, -0.2) is 9.98 Å². The van der Waals surface area contributed by atoms with Crippen LogP contribution in [0.2, 0.25) is 0 Å². The quantitative estimate of drug-likeness (QED) is 0.160. The number of hydrogen-bond acceptors (Lipinski definition) is 7. The number of aryl methyl sites for hydroxylation is 2. The highest BCUT2D eigenvalue weighted by Crippen LogP contribution is 2.34. The smallest absolute Gasteiger partial charge is 0.299 e. The number of nitrogens with zero attached hydrogens (tertiary/aromatic N) is 7. The van der Waals surface area contributed by atoms with Gasteiger partial charge in [0.05, 0.1) is 5.69 Å². The average Bonchev–Trinajstić information content (AvgIpc) is 3.78. The predicted molar refractivity (Wildman–Crippen MR) is 182 cm³/mol. The molecular formula is C37H34F3N9. The number of aromatic nitrogens is 7. The molecule has 0 unspecified atom stereocenters. The summed E-state index contributed by atoms with van der Waals surface area (Å²) in [5, 5.41) is 14.4. The second-order valence-corrected chi connectivity index (χ2v) is 12.3. The molecule has 1 aliphatic heterocycles. The van der Waals surface area contributed by atoms with Gasteiger partial charge in [0.2, 0.25) is 0 Å². The first-order valence-corrected chi connectivity index (χ1v) is 16.1. The van der Waals surface area contributed by atoms with E-state index in [9.17, 15) is 13.2 Å². The van der Waals surface area contributed by atoms with Crippen LogP contribution in [0.15, 0.2) is 90.1 Å². The molecule has 0 bridgehead atoms. The molecule has 2 N–H and O–H groups in total. The van der Waals surface area contributed by atoms with Crippen molar-refractivity contribution >= 4 is 12.0 Å². The Hall–Kier alpha value is -5.49. The minimum absolute atomic E-state index is 0.199. The number of hydrogen-bond donors (Lipinski definition) is 2. The van der Waals surface area contributed by atoms with Crippen molar-refractivity contribution < 1.29 is 13.2 Å². The summed E-state index contributed by atoms with van der Waals surface area (Å²) in [5.74, 6) is 1.93. The molecule has 1 saturated heterocycles. The van der Waals surface area contributed by atoms with Crippen LogP contribution in [0.25, 0.3) is 33.8 Å². The maximum atomic E-state index is 12.9. The number of aliphatic imine (C=N–C) groups is 1. The molecule has 5 heterocycles. The van der Waals surface area contributed by atoms with E-state index in [0.717, 1.165) is 89.9 Å². The number of piperidine rings is 1. The van der Waals surface area contributed by atoms with Gasteiger partial charge in [0, 0.05) is 64.6 Å². The van der Waals surface area contributed by atoms with Gasteiger partial charge in [-0.1, -0.05) is 54.6 Å². The monoisotopic (exact) mass is 661 g/mol. The van der Waals surface area contributed by atoms with Crippen LogP contribution in [0.5, 0.6) is 0 Å². The first-order chi connectivity index (χ1) is 23.7. The molecule has 7 rings (SSSR count). The molecule has 1 fully saturated rings. The van der Waals surface area contributed by atoms with Gasteiger partial charge in [0.15, 0.2) is 11.6 Å². The molecule has 0 amide bonds. The van der Waals surface area contributed by atoms with Gasteiger partial charge in [-0.15, -0.1) is 0 Å². The third kappa shape index (κ3) is 7.34. The summed E-state index contributed by atoms with van der Waals surface area (Å²) < 4.78 is 38.6. The Morgan fingerprint density at radius 3 is 2.29 bits per heavy atom. The van der Waals surface area contributed by atoms with E-state index < -0.39 is 11.9 Å². The van der Waals surface area contributed by atoms with Gasteiger partial charge < -0.3 is 0 Å². The molecule has 2 aromatic carbocycles. The third-order valence-electron chi connectivity index (χ3n) is 8.79. The van der Waals surface area contributed by atoms with Gasteiger partial charge >= 0.3 is 6.18 Å². The fourth-order valence-corrected chi connectivity index (χ4v) is 6.09. The molecule has 0 saturated carbocycles. The second-order valence-electron chi connectivity index (χ2n) is 12.3. The van der Waals surface area contributed by atoms with E-state index in [1.807, 2.05) is 44.3 Å². The number of halogens is 3. The summed E-state index contributed by atoms with van der Waals surface area (Å²) in [6, 6.07) is 25.2. The van der Waals surface area contributed by atoms with Crippen molar-refractivity contribution in [3.63, 3.8) is 0 Å². The molecular weight excluding hydrogens is 627 g/mol. The fraction of sp³-hybridized carbons (Fsp3) is 0.243. The first kappa shape index (κ1) is 32.1. The van der Waals surface area contributed by atoms with Crippen molar-refractivity contribution in [2.75, 3.05) is 13.1 Å². The second kappa shape index (κ2) is 13.6. The molecule has 0 aliphatic carbocycles. The lowest BCUT2D eigenvalue weighted by Crippen LogP contribution is -2.32. The molecule has 9 nitrogen and oxygen atoms in total. The van der Waals surface area contributed by atoms with Crippen LogP contribution in [-0.4, -0.2) is 59.6 Å². The number of pyridine rings is 2. The number of aromatic amines is 2. The summed E-state index contributed by atoms with van der Waals surface area (Å²) in [6.45, 7) is 6.56. The number of benzene rings is 2. The summed E-state index contributed by atoms with van der Waals surface area (Å²) in [7, 11) is 0. The maximum absolute atomic E-state index is 12.9. The zero-order valence-corrected chi connectivity index (χ0v) is 27.0. The Bertz CT molecular complexity index is 2060. The standard InChI is InChI=1S/C37H34F3N9/c1-23-18-33(46-45-23)42-21-30-19-31(26-6-4-3-5-7-26)34(43-24(30)2)27-10-8-25(9-11-27)22-49-16-14-28(15-17-49)35-44-36(48-47-35)29-12-13-32(41-20-29)37(38,39)40/h3-13,18-21,28H,14-17,22H2,1-2H3,(H,45,46)(H,44,47,48). The van der Waals surface area contributed by atoms with Gasteiger partial charge in [0.1, 0.15) is 11.5 Å². The minimum atomic E-state index is -4.48. The first-order valence-electron chi connectivity index (χ1n) is 16.1. The van der Waals surface area contributed by atoms with Crippen LogP contribution in [0.1, 0.15) is 52.8 Å². The van der Waals surface area contributed by atoms with Crippen LogP contribution >= 0.6 is 0 Å². The highest BCUT2D eigenvalue weighted by molar-refractivity contribution is 5.89. The van der Waals surface area contributed by atoms with Crippen LogP contribution in [0.4, 0.5) is 19.0 Å². The van der Waals surface area contributed by atoms with Crippen molar-refractivity contribution in [1.29, 1.82) is 0 Å². The van der Waals surface area contributed by atoms with E-state index in [-0.39, 0.29) is 5.92 Å². The molecule has 248 valence electrons. The van der Waals surface area contributed by atoms with Crippen molar-refractivity contribution in [2.24, 2.45) is 4.99 Å². The average molecular weight is 662 g/mol. The van der Waals surface area contributed by atoms with Crippen molar-refractivity contribution in [1.82, 2.24) is 40.2 Å². The van der Waals surface area contributed by atoms with Crippen molar-refractivity contribution in [3.05, 3.63) is 119 Å². The van der Waals surface area contributed by atoms with E-state index in [1.54, 1.807) is 0 Å². The Morgan fingerprint density at radius 1 is 0.857 bits per heavy atom. The van der Waals surface area contributed by atoms with E-state index in [4.69, 9.17) is 4.98 Å². The third-order valence-corrected chi connectivity index (χ3v) is 8.79. The van der Waals surface area contributed by atoms with Crippen LogP contribution < -0.4 is 0 Å². The molecule has 0 radical (unpaired) electrons. The predicted octanol–water partition coefficient (Wildman–Crippen LogP) is 8.08. The lowest BCUT2D eigenvalue weighted by atomic mass is 9.95. The van der Waals surface area contributed by atoms with Crippen molar-refractivity contribution in [2.45, 2.75) is 45.3 Å². The summed E-state index contributed by atoms with van der Waals surface area (Å²) >= 11 is 0. The van der Waals surface area contributed by atoms with Crippen LogP contribution in [0, 0.1) is 13.8 Å². The zero-order chi connectivity index (χ0) is 34.0. The lowest BCUT2D eigenvalue weighted by Gasteiger charge is -2.31. The zero-order valence-electron chi connectivity index (χ0n) is 27.0. The Balaban J connectivity index is 1.02. The van der Waals surface area contributed by atoms with Crippen molar-refractivity contribution in [3.8, 4) is 33.8 Å². The van der Waals surface area contributed by atoms with Gasteiger partial charge in [0.25, 0.3) is 0 Å². The topological polar surface area (TPSA) is 112 Å². The Morgan fingerprint density at radius 2 is 1.61 bits per heavy atom. The number of H-pyrrole nitrogens is 2. The minimum Gasteiger partial charge on any atom is -0.299 e. The van der Waals surface area contributed by atoms with E-state index in [1.165, 1.54) is 11.6 Å². The van der Waals surface area contributed by atoms with E-state index in [0.29, 0.717) is 17.2 Å². The number of nitrogens with one attached hydrogen (secondary N) is 2. The molecule has 4 aromatic heterocycles. The van der Waals surface area contributed by atoms with Gasteiger partial charge in [-0.3, -0.25) is 25.1 Å². The summed E-state index contributed by atoms with van der Waals surface area (Å²) in [5.41, 5.74) is 7.57. The largest absolute Gasteiger partial charge is 0.433 e. The van der Waals surface area contributed by atoms with E-state index in [2.05, 4.69) is 82.7 Å². The summed E-state index contributed by atoms with van der Waals surface area (Å²) in [4.78, 5) is 20.2. The molecule has 49 heavy (non-hydrogen) atoms. The summed E-state index contributed by atoms with van der Waals surface area (Å²) in [6.07, 6.45) is 0.301. The Kier molecular flexibility index (Phi) is 8.87. The molecule has 0 atom stereocenters. The highest BCUT2D eigenvalue weighted by atomic mass is 19.4. The Labute approximate surface area is 281 Å². The molecule has 6 aromatic rings. The normalized spacial score (nSPS) is 14.6. The van der Waals surface area contributed by atoms with Crippen LogP contribution in [0.3, 0.4) is 0 Å². The number of rotatable bonds is 8. The SMILES string of the molecule is Cc1cc(N=Cc2cc(-c3ccccc3)c(-c3ccc(CN4CCC(c5nc(-c6ccc(C(F)(F)F)nc6)n[nH]5)CC4)cc3)nc2C)n[nH]1. The maximum Gasteiger partial charge on any atom is 0.433 e. The lowest BCUT2D eigenvalue weighted by molar-refractivity contribution is -0.141. The van der Waals surface area contributed by atoms with Crippen LogP contribution in [-0.2, 0) is 12.7 Å². The number of likely N-dealkylation sites (tertiary alicyclic amines) is 1. The van der Waals surface area contributed by atoms with Gasteiger partial charge in [-0.05, 0) is 69.1 Å². The highest BCUT2D eigenvalue weighted by Gasteiger charge is 2.32. The fourth-order valence-electron chi connectivity index (χ4n) is 6.09. The van der Waals surface area contributed by atoms with Gasteiger partial charge in [-0.2, -0.15) is 23.4 Å². The molecule has 12 heteroatoms. The number of alkyl halides is 3.